The van der Waals surface area contributed by atoms with Gasteiger partial charge >= 0.3 is 0 Å². The first kappa shape index (κ1) is 23.1. The predicted octanol–water partition coefficient (Wildman–Crippen LogP) is 2.89. The van der Waals surface area contributed by atoms with E-state index in [0.717, 1.165) is 35.9 Å². The zero-order valence-corrected chi connectivity index (χ0v) is 18.7. The van der Waals surface area contributed by atoms with Gasteiger partial charge in [0.05, 0.1) is 19.1 Å². The summed E-state index contributed by atoms with van der Waals surface area (Å²) in [6, 6.07) is 5.27. The van der Waals surface area contributed by atoms with Crippen LogP contribution in [0.1, 0.15) is 37.7 Å². The molecule has 2 saturated heterocycles. The largest absolute Gasteiger partial charge is 0.493 e. The van der Waals surface area contributed by atoms with Gasteiger partial charge in [0.1, 0.15) is 0 Å². The number of hydrogen-bond acceptors (Lipinski definition) is 7. The maximum Gasteiger partial charge on any atom is 0.293 e. The molecule has 1 aromatic rings. The van der Waals surface area contributed by atoms with Crippen molar-refractivity contribution < 1.29 is 29.0 Å². The van der Waals surface area contributed by atoms with Gasteiger partial charge in [0.15, 0.2) is 11.5 Å². The van der Waals surface area contributed by atoms with Crippen molar-refractivity contribution in [2.24, 2.45) is 0 Å². The third kappa shape index (κ3) is 5.40. The predicted molar refractivity (Wildman–Crippen MR) is 118 cm³/mol. The standard InChI is InChI=1S/C22H28N2O6S/c1-29-17-7-6-15(13-18(17)30-2)14-19-21(27)24(22(28)31-19)11-8-20(26)23-10-4-3-5-16(23)9-12-25/h6-7,13-14,16,25H,3-5,8-12H2,1-2H3. The van der Waals surface area contributed by atoms with Gasteiger partial charge in [-0.15, -0.1) is 0 Å². The molecule has 0 aliphatic carbocycles. The number of carbonyl (C=O) groups is 3. The normalized spacial score (nSPS) is 20.5. The summed E-state index contributed by atoms with van der Waals surface area (Å²) in [5.41, 5.74) is 0.708. The molecule has 2 heterocycles. The molecule has 0 saturated carbocycles. The lowest BCUT2D eigenvalue weighted by atomic mass is 9.99. The van der Waals surface area contributed by atoms with Crippen LogP contribution in [0.4, 0.5) is 4.79 Å². The molecular formula is C22H28N2O6S. The number of benzene rings is 1. The summed E-state index contributed by atoms with van der Waals surface area (Å²) >= 11 is 0.864. The van der Waals surface area contributed by atoms with E-state index in [9.17, 15) is 19.5 Å². The summed E-state index contributed by atoms with van der Waals surface area (Å²) in [6.07, 6.45) is 5.13. The Morgan fingerprint density at radius 2 is 2.00 bits per heavy atom. The highest BCUT2D eigenvalue weighted by Gasteiger charge is 2.36. The minimum Gasteiger partial charge on any atom is -0.493 e. The first-order chi connectivity index (χ1) is 15.0. The van der Waals surface area contributed by atoms with Gasteiger partial charge in [0, 0.05) is 32.2 Å². The molecule has 1 aromatic carbocycles. The van der Waals surface area contributed by atoms with Crippen molar-refractivity contribution in [1.29, 1.82) is 0 Å². The average Bonchev–Trinajstić information content (AvgIpc) is 3.04. The summed E-state index contributed by atoms with van der Waals surface area (Å²) in [6.45, 7) is 0.748. The fourth-order valence-corrected chi connectivity index (χ4v) is 4.78. The van der Waals surface area contributed by atoms with Gasteiger partial charge in [-0.2, -0.15) is 0 Å². The summed E-state index contributed by atoms with van der Waals surface area (Å²) in [4.78, 5) is 41.1. The number of amides is 3. The molecule has 1 atom stereocenters. The number of piperidine rings is 1. The fourth-order valence-electron chi connectivity index (χ4n) is 3.92. The van der Waals surface area contributed by atoms with E-state index < -0.39 is 5.91 Å². The first-order valence-electron chi connectivity index (χ1n) is 10.4. The molecule has 0 radical (unpaired) electrons. The minimum atomic E-state index is -0.400. The lowest BCUT2D eigenvalue weighted by Crippen LogP contribution is -2.45. The van der Waals surface area contributed by atoms with Crippen molar-refractivity contribution in [2.45, 2.75) is 38.1 Å². The second kappa shape index (κ2) is 10.7. The van der Waals surface area contributed by atoms with Crippen LogP contribution >= 0.6 is 11.8 Å². The quantitative estimate of drug-likeness (QED) is 0.611. The zero-order chi connectivity index (χ0) is 22.4. The van der Waals surface area contributed by atoms with E-state index in [1.807, 2.05) is 0 Å². The van der Waals surface area contributed by atoms with Gasteiger partial charge < -0.3 is 19.5 Å². The topological polar surface area (TPSA) is 96.4 Å². The lowest BCUT2D eigenvalue weighted by molar-refractivity contribution is -0.135. The minimum absolute atomic E-state index is 0.0334. The van der Waals surface area contributed by atoms with E-state index in [1.165, 1.54) is 7.11 Å². The Balaban J connectivity index is 1.65. The van der Waals surface area contributed by atoms with Crippen LogP contribution < -0.4 is 9.47 Å². The van der Waals surface area contributed by atoms with Gasteiger partial charge in [-0.25, -0.2) is 0 Å². The SMILES string of the molecule is COc1ccc(C=C2SC(=O)N(CCC(=O)N3CCCCC3CCO)C2=O)cc1OC. The molecule has 3 rings (SSSR count). The second-order valence-electron chi connectivity index (χ2n) is 7.45. The van der Waals surface area contributed by atoms with Crippen LogP contribution in [0.25, 0.3) is 6.08 Å². The number of rotatable bonds is 8. The molecular weight excluding hydrogens is 420 g/mol. The molecule has 31 heavy (non-hydrogen) atoms. The molecule has 2 fully saturated rings. The van der Waals surface area contributed by atoms with Crippen LogP contribution in [0.5, 0.6) is 11.5 Å². The monoisotopic (exact) mass is 448 g/mol. The fraction of sp³-hybridized carbons (Fsp3) is 0.500. The number of ether oxygens (including phenoxy) is 2. The molecule has 2 aliphatic rings. The summed E-state index contributed by atoms with van der Waals surface area (Å²) in [7, 11) is 3.07. The van der Waals surface area contributed by atoms with Crippen molar-refractivity contribution in [3.05, 3.63) is 28.7 Å². The van der Waals surface area contributed by atoms with Crippen molar-refractivity contribution in [3.63, 3.8) is 0 Å². The zero-order valence-electron chi connectivity index (χ0n) is 17.8. The van der Waals surface area contributed by atoms with Gasteiger partial charge in [-0.3, -0.25) is 19.3 Å². The molecule has 1 unspecified atom stereocenters. The molecule has 9 heteroatoms. The van der Waals surface area contributed by atoms with Gasteiger partial charge in [0.25, 0.3) is 11.1 Å². The Morgan fingerprint density at radius 1 is 1.23 bits per heavy atom. The van der Waals surface area contributed by atoms with Gasteiger partial charge in [-0.05, 0) is 61.2 Å². The Morgan fingerprint density at radius 3 is 2.71 bits per heavy atom. The molecule has 0 spiro atoms. The number of nitrogens with zero attached hydrogens (tertiary/aromatic N) is 2. The van der Waals surface area contributed by atoms with E-state index in [1.54, 1.807) is 36.3 Å². The molecule has 8 nitrogen and oxygen atoms in total. The third-order valence-electron chi connectivity index (χ3n) is 5.54. The number of aliphatic hydroxyl groups excluding tert-OH is 1. The van der Waals surface area contributed by atoms with Gasteiger partial charge in [-0.1, -0.05) is 6.07 Å². The van der Waals surface area contributed by atoms with E-state index >= 15 is 0 Å². The Labute approximate surface area is 186 Å². The van der Waals surface area contributed by atoms with Crippen LogP contribution in [-0.4, -0.2) is 71.9 Å². The highest BCUT2D eigenvalue weighted by molar-refractivity contribution is 8.18. The summed E-state index contributed by atoms with van der Waals surface area (Å²) in [5, 5.41) is 8.86. The van der Waals surface area contributed by atoms with Crippen LogP contribution in [-0.2, 0) is 9.59 Å². The Kier molecular flexibility index (Phi) is 7.97. The van der Waals surface area contributed by atoms with E-state index in [4.69, 9.17) is 9.47 Å². The van der Waals surface area contributed by atoms with Crippen molar-refractivity contribution in [3.8, 4) is 11.5 Å². The number of aliphatic hydroxyl groups is 1. The highest BCUT2D eigenvalue weighted by atomic mass is 32.2. The van der Waals surface area contributed by atoms with Crippen LogP contribution in [0.3, 0.4) is 0 Å². The number of thioether (sulfide) groups is 1. The smallest absolute Gasteiger partial charge is 0.293 e. The lowest BCUT2D eigenvalue weighted by Gasteiger charge is -2.36. The van der Waals surface area contributed by atoms with Crippen molar-refractivity contribution in [1.82, 2.24) is 9.80 Å². The van der Waals surface area contributed by atoms with Crippen LogP contribution in [0.2, 0.25) is 0 Å². The summed E-state index contributed by atoms with van der Waals surface area (Å²) < 4.78 is 10.5. The third-order valence-corrected chi connectivity index (χ3v) is 6.45. The van der Waals surface area contributed by atoms with Gasteiger partial charge in [0.2, 0.25) is 5.91 Å². The Bertz CT molecular complexity index is 870. The van der Waals surface area contributed by atoms with Crippen LogP contribution in [0.15, 0.2) is 23.1 Å². The molecule has 2 aliphatic heterocycles. The molecule has 0 aromatic heterocycles. The Hall–Kier alpha value is -2.52. The number of likely N-dealkylation sites (tertiary alicyclic amines) is 1. The first-order valence-corrected chi connectivity index (χ1v) is 11.2. The number of methoxy groups -OCH3 is 2. The molecule has 1 N–H and O–H groups in total. The molecule has 3 amide bonds. The van der Waals surface area contributed by atoms with E-state index in [-0.39, 0.29) is 36.8 Å². The summed E-state index contributed by atoms with van der Waals surface area (Å²) in [5.74, 6) is 0.618. The number of hydrogen-bond donors (Lipinski definition) is 1. The second-order valence-corrected chi connectivity index (χ2v) is 8.44. The highest BCUT2D eigenvalue weighted by Crippen LogP contribution is 2.34. The molecule has 0 bridgehead atoms. The maximum atomic E-state index is 12.8. The van der Waals surface area contributed by atoms with E-state index in [2.05, 4.69) is 0 Å². The van der Waals surface area contributed by atoms with Crippen molar-refractivity contribution in [2.75, 3.05) is 33.9 Å². The molecule has 168 valence electrons. The maximum absolute atomic E-state index is 12.8. The number of carbonyl (C=O) groups excluding carboxylic acids is 3. The van der Waals surface area contributed by atoms with Crippen LogP contribution in [0, 0.1) is 0 Å². The number of imide groups is 1. The van der Waals surface area contributed by atoms with Crippen molar-refractivity contribution >= 4 is 34.9 Å². The van der Waals surface area contributed by atoms with E-state index in [0.29, 0.717) is 34.9 Å². The average molecular weight is 449 g/mol.